The number of nitrogens with zero attached hydrogens (tertiary/aromatic N) is 1. The molecular formula is C20H25ClN2O3. The van der Waals surface area contributed by atoms with Crippen LogP contribution in [0.15, 0.2) is 42.5 Å². The fourth-order valence-electron chi connectivity index (χ4n) is 2.15. The van der Waals surface area contributed by atoms with Crippen LogP contribution in [0, 0.1) is 6.92 Å². The van der Waals surface area contributed by atoms with E-state index >= 15 is 0 Å². The first-order valence-electron chi connectivity index (χ1n) is 8.46. The Hall–Kier alpha value is -2.24. The first-order valence-corrected chi connectivity index (χ1v) is 8.84. The lowest BCUT2D eigenvalue weighted by molar-refractivity contribution is -0.122. The normalized spacial score (nSPS) is 11.9. The highest BCUT2D eigenvalue weighted by molar-refractivity contribution is 6.32. The summed E-state index contributed by atoms with van der Waals surface area (Å²) in [6, 6.07) is 12.7. The number of hydrogen-bond donors (Lipinski definition) is 1. The van der Waals surface area contributed by atoms with Gasteiger partial charge in [0.05, 0.1) is 5.02 Å². The van der Waals surface area contributed by atoms with E-state index in [0.29, 0.717) is 28.8 Å². The number of aryl methyl sites for hydroxylation is 1. The average molecular weight is 377 g/mol. The third kappa shape index (κ3) is 6.24. The predicted octanol–water partition coefficient (Wildman–Crippen LogP) is 3.99. The van der Waals surface area contributed by atoms with Crippen molar-refractivity contribution in [1.82, 2.24) is 4.90 Å². The van der Waals surface area contributed by atoms with Gasteiger partial charge >= 0.3 is 0 Å². The molecule has 140 valence electrons. The Morgan fingerprint density at radius 2 is 1.88 bits per heavy atom. The van der Waals surface area contributed by atoms with Crippen LogP contribution in [0.2, 0.25) is 5.02 Å². The lowest BCUT2D eigenvalue weighted by atomic mass is 10.2. The molecule has 0 aliphatic rings. The Bertz CT molecular complexity index is 732. The molecule has 1 N–H and O–H groups in total. The van der Waals surface area contributed by atoms with E-state index in [2.05, 4.69) is 5.32 Å². The summed E-state index contributed by atoms with van der Waals surface area (Å²) >= 11 is 6.23. The molecule has 1 atom stereocenters. The Labute approximate surface area is 159 Å². The minimum Gasteiger partial charge on any atom is -0.491 e. The van der Waals surface area contributed by atoms with Crippen LogP contribution in [0.25, 0.3) is 0 Å². The van der Waals surface area contributed by atoms with Crippen LogP contribution < -0.4 is 14.8 Å². The monoisotopic (exact) mass is 376 g/mol. The van der Waals surface area contributed by atoms with Gasteiger partial charge < -0.3 is 19.7 Å². The fourth-order valence-corrected chi connectivity index (χ4v) is 2.39. The molecule has 0 heterocycles. The Morgan fingerprint density at radius 3 is 2.50 bits per heavy atom. The van der Waals surface area contributed by atoms with Crippen LogP contribution in [-0.4, -0.2) is 44.2 Å². The van der Waals surface area contributed by atoms with E-state index in [1.54, 1.807) is 25.1 Å². The molecular weight excluding hydrogens is 352 g/mol. The summed E-state index contributed by atoms with van der Waals surface area (Å²) in [5.74, 6) is 0.999. The number of carbonyl (C=O) groups is 1. The summed E-state index contributed by atoms with van der Waals surface area (Å²) in [7, 11) is 3.95. The van der Waals surface area contributed by atoms with Gasteiger partial charge in [-0.15, -0.1) is 0 Å². The molecule has 0 aromatic heterocycles. The lowest BCUT2D eigenvalue weighted by Crippen LogP contribution is -2.30. The van der Waals surface area contributed by atoms with Gasteiger partial charge in [0, 0.05) is 12.2 Å². The molecule has 0 saturated carbocycles. The van der Waals surface area contributed by atoms with Crippen molar-refractivity contribution in [1.29, 1.82) is 0 Å². The standard InChI is InChI=1S/C20H25ClN2O3/c1-14-5-8-17(9-6-14)26-15(2)20(24)22-16-7-10-19(18(21)13-16)25-12-11-23(3)4/h5-10,13,15H,11-12H2,1-4H3,(H,22,24). The van der Waals surface area contributed by atoms with E-state index < -0.39 is 6.10 Å². The smallest absolute Gasteiger partial charge is 0.265 e. The van der Waals surface area contributed by atoms with Crippen molar-refractivity contribution in [3.63, 3.8) is 0 Å². The van der Waals surface area contributed by atoms with Crippen molar-refractivity contribution in [3.05, 3.63) is 53.1 Å². The molecule has 0 aliphatic heterocycles. The molecule has 0 bridgehead atoms. The van der Waals surface area contributed by atoms with Crippen LogP contribution in [0.4, 0.5) is 5.69 Å². The number of likely N-dealkylation sites (N-methyl/N-ethyl adjacent to an activating group) is 1. The number of rotatable bonds is 8. The van der Waals surface area contributed by atoms with Gasteiger partial charge in [0.25, 0.3) is 5.91 Å². The molecule has 5 nitrogen and oxygen atoms in total. The molecule has 2 rings (SSSR count). The molecule has 2 aromatic rings. The summed E-state index contributed by atoms with van der Waals surface area (Å²) in [5, 5.41) is 3.26. The molecule has 0 aliphatic carbocycles. The van der Waals surface area contributed by atoms with Crippen LogP contribution >= 0.6 is 11.6 Å². The van der Waals surface area contributed by atoms with Crippen LogP contribution in [0.5, 0.6) is 11.5 Å². The van der Waals surface area contributed by atoms with Crippen molar-refractivity contribution >= 4 is 23.2 Å². The maximum Gasteiger partial charge on any atom is 0.265 e. The van der Waals surface area contributed by atoms with E-state index in [0.717, 1.165) is 12.1 Å². The van der Waals surface area contributed by atoms with Crippen molar-refractivity contribution < 1.29 is 14.3 Å². The molecule has 2 aromatic carbocycles. The molecule has 0 saturated heterocycles. The van der Waals surface area contributed by atoms with Gasteiger partial charge in [-0.2, -0.15) is 0 Å². The summed E-state index contributed by atoms with van der Waals surface area (Å²) < 4.78 is 11.3. The number of carbonyl (C=O) groups excluding carboxylic acids is 1. The van der Waals surface area contributed by atoms with Crippen LogP contribution in [0.1, 0.15) is 12.5 Å². The zero-order valence-corrected chi connectivity index (χ0v) is 16.3. The highest BCUT2D eigenvalue weighted by atomic mass is 35.5. The predicted molar refractivity (Wildman–Crippen MR) is 105 cm³/mol. The van der Waals surface area contributed by atoms with Crippen molar-refractivity contribution in [3.8, 4) is 11.5 Å². The van der Waals surface area contributed by atoms with E-state index in [1.165, 1.54) is 0 Å². The largest absolute Gasteiger partial charge is 0.491 e. The van der Waals surface area contributed by atoms with Crippen LogP contribution in [0.3, 0.4) is 0 Å². The summed E-state index contributed by atoms with van der Waals surface area (Å²) in [6.07, 6.45) is -0.632. The molecule has 0 spiro atoms. The number of amides is 1. The van der Waals surface area contributed by atoms with Gasteiger partial charge in [-0.1, -0.05) is 29.3 Å². The number of nitrogens with one attached hydrogen (secondary N) is 1. The number of halogens is 1. The molecule has 26 heavy (non-hydrogen) atoms. The van der Waals surface area contributed by atoms with E-state index in [4.69, 9.17) is 21.1 Å². The Balaban J connectivity index is 1.91. The second-order valence-electron chi connectivity index (χ2n) is 6.36. The Morgan fingerprint density at radius 1 is 1.19 bits per heavy atom. The van der Waals surface area contributed by atoms with Gasteiger partial charge in [-0.05, 0) is 58.3 Å². The number of benzene rings is 2. The molecule has 0 radical (unpaired) electrons. The average Bonchev–Trinajstić information content (AvgIpc) is 2.58. The van der Waals surface area contributed by atoms with Gasteiger partial charge in [0.2, 0.25) is 0 Å². The summed E-state index contributed by atoms with van der Waals surface area (Å²) in [5.41, 5.74) is 1.73. The van der Waals surface area contributed by atoms with E-state index in [-0.39, 0.29) is 5.91 Å². The number of hydrogen-bond acceptors (Lipinski definition) is 4. The lowest BCUT2D eigenvalue weighted by Gasteiger charge is -2.16. The third-order valence-electron chi connectivity index (χ3n) is 3.70. The van der Waals surface area contributed by atoms with Crippen molar-refractivity contribution in [2.45, 2.75) is 20.0 Å². The second-order valence-corrected chi connectivity index (χ2v) is 6.77. The van der Waals surface area contributed by atoms with Crippen molar-refractivity contribution in [2.75, 3.05) is 32.6 Å². The first kappa shape index (κ1) is 20.1. The van der Waals surface area contributed by atoms with Gasteiger partial charge in [0.15, 0.2) is 6.10 Å². The molecule has 6 heteroatoms. The highest BCUT2D eigenvalue weighted by Gasteiger charge is 2.15. The summed E-state index contributed by atoms with van der Waals surface area (Å²) in [4.78, 5) is 14.3. The summed E-state index contributed by atoms with van der Waals surface area (Å²) in [6.45, 7) is 5.04. The molecule has 0 fully saturated rings. The molecule has 1 unspecified atom stereocenters. The van der Waals surface area contributed by atoms with Gasteiger partial charge in [-0.25, -0.2) is 0 Å². The first-order chi connectivity index (χ1) is 12.3. The zero-order valence-electron chi connectivity index (χ0n) is 15.6. The maximum absolute atomic E-state index is 12.3. The van der Waals surface area contributed by atoms with Crippen LogP contribution in [-0.2, 0) is 4.79 Å². The highest BCUT2D eigenvalue weighted by Crippen LogP contribution is 2.28. The zero-order chi connectivity index (χ0) is 19.1. The SMILES string of the molecule is Cc1ccc(OC(C)C(=O)Nc2ccc(OCCN(C)C)c(Cl)c2)cc1. The van der Waals surface area contributed by atoms with Gasteiger partial charge in [-0.3, -0.25) is 4.79 Å². The van der Waals surface area contributed by atoms with Gasteiger partial charge in [0.1, 0.15) is 18.1 Å². The fraction of sp³-hybridized carbons (Fsp3) is 0.350. The minimum absolute atomic E-state index is 0.247. The van der Waals surface area contributed by atoms with E-state index in [9.17, 15) is 4.79 Å². The van der Waals surface area contributed by atoms with Crippen molar-refractivity contribution in [2.24, 2.45) is 0 Å². The number of anilines is 1. The van der Waals surface area contributed by atoms with E-state index in [1.807, 2.05) is 50.2 Å². The third-order valence-corrected chi connectivity index (χ3v) is 3.99. The number of ether oxygens (including phenoxy) is 2. The second kappa shape index (κ2) is 9.46. The minimum atomic E-state index is -0.632. The molecule has 1 amide bonds. The quantitative estimate of drug-likeness (QED) is 0.756. The maximum atomic E-state index is 12.3. The Kier molecular flexibility index (Phi) is 7.30. The topological polar surface area (TPSA) is 50.8 Å².